The minimum absolute atomic E-state index is 0.0877. The van der Waals surface area contributed by atoms with Crippen LogP contribution in [0.15, 0.2) is 72.8 Å². The molecule has 0 aromatic heterocycles. The van der Waals surface area contributed by atoms with Crippen LogP contribution < -0.4 is 20.3 Å². The van der Waals surface area contributed by atoms with Gasteiger partial charge in [-0.25, -0.2) is 0 Å². The standard InChI is InChI=1S/C27H26ClN3O4/c1-2-35-22-12-10-18(11-13-22)16-29-27(34)23-8-3-4-9-24(23)30-26(33)19-14-25(32)31(17-19)21-7-5-6-20(28)15-21/h3-13,15,19H,2,14,16-17H2,1H3,(H,29,34)(H,30,33)/t19-/m1/s1. The molecule has 0 bridgehead atoms. The van der Waals surface area contributed by atoms with Gasteiger partial charge in [-0.1, -0.05) is 41.9 Å². The third-order valence-corrected chi connectivity index (χ3v) is 5.97. The molecule has 180 valence electrons. The van der Waals surface area contributed by atoms with Gasteiger partial charge in [-0.05, 0) is 55.0 Å². The number of nitrogens with one attached hydrogen (secondary N) is 2. The monoisotopic (exact) mass is 491 g/mol. The Labute approximate surface area is 209 Å². The van der Waals surface area contributed by atoms with Gasteiger partial charge in [0.05, 0.1) is 23.8 Å². The molecule has 1 aliphatic heterocycles. The second-order valence-electron chi connectivity index (χ2n) is 8.18. The first-order valence-corrected chi connectivity index (χ1v) is 11.8. The average Bonchev–Trinajstić information content (AvgIpc) is 3.26. The molecule has 3 aromatic carbocycles. The summed E-state index contributed by atoms with van der Waals surface area (Å²) in [6.07, 6.45) is 0.0877. The van der Waals surface area contributed by atoms with Gasteiger partial charge in [0.1, 0.15) is 5.75 Å². The van der Waals surface area contributed by atoms with Gasteiger partial charge in [0.15, 0.2) is 0 Å². The first kappa shape index (κ1) is 24.3. The highest BCUT2D eigenvalue weighted by molar-refractivity contribution is 6.31. The van der Waals surface area contributed by atoms with E-state index >= 15 is 0 Å². The molecule has 0 spiro atoms. The second-order valence-corrected chi connectivity index (χ2v) is 8.62. The van der Waals surface area contributed by atoms with Crippen molar-refractivity contribution in [3.8, 4) is 5.75 Å². The predicted octanol–water partition coefficient (Wildman–Crippen LogP) is 4.66. The van der Waals surface area contributed by atoms with Crippen molar-refractivity contribution in [2.75, 3.05) is 23.4 Å². The minimum atomic E-state index is -0.540. The van der Waals surface area contributed by atoms with Crippen LogP contribution in [0.25, 0.3) is 0 Å². The van der Waals surface area contributed by atoms with Gasteiger partial charge in [-0.2, -0.15) is 0 Å². The summed E-state index contributed by atoms with van der Waals surface area (Å²) >= 11 is 6.05. The number of hydrogen-bond donors (Lipinski definition) is 2. The number of para-hydroxylation sites is 1. The normalized spacial score (nSPS) is 15.1. The highest BCUT2D eigenvalue weighted by Gasteiger charge is 2.35. The van der Waals surface area contributed by atoms with Crippen LogP contribution in [-0.2, 0) is 16.1 Å². The van der Waals surface area contributed by atoms with E-state index in [9.17, 15) is 14.4 Å². The summed E-state index contributed by atoms with van der Waals surface area (Å²) in [5.41, 5.74) is 2.33. The van der Waals surface area contributed by atoms with Crippen LogP contribution in [0, 0.1) is 5.92 Å². The molecule has 0 radical (unpaired) electrons. The molecule has 0 unspecified atom stereocenters. The zero-order valence-corrected chi connectivity index (χ0v) is 20.0. The molecule has 0 aliphatic carbocycles. The van der Waals surface area contributed by atoms with Gasteiger partial charge in [-0.3, -0.25) is 14.4 Å². The highest BCUT2D eigenvalue weighted by atomic mass is 35.5. The van der Waals surface area contributed by atoms with Gasteiger partial charge in [0.25, 0.3) is 5.91 Å². The lowest BCUT2D eigenvalue weighted by molar-refractivity contribution is -0.122. The Morgan fingerprint density at radius 2 is 1.83 bits per heavy atom. The van der Waals surface area contributed by atoms with Gasteiger partial charge in [0, 0.05) is 30.2 Å². The Morgan fingerprint density at radius 1 is 1.06 bits per heavy atom. The Balaban J connectivity index is 1.39. The first-order chi connectivity index (χ1) is 16.9. The van der Waals surface area contributed by atoms with Crippen LogP contribution in [0.4, 0.5) is 11.4 Å². The maximum absolute atomic E-state index is 13.0. The highest BCUT2D eigenvalue weighted by Crippen LogP contribution is 2.28. The second kappa shape index (κ2) is 11.1. The van der Waals surface area contributed by atoms with Crippen LogP contribution in [0.1, 0.15) is 29.3 Å². The number of carbonyl (C=O) groups excluding carboxylic acids is 3. The van der Waals surface area contributed by atoms with E-state index in [0.29, 0.717) is 35.1 Å². The summed E-state index contributed by atoms with van der Waals surface area (Å²) in [6.45, 7) is 3.09. The van der Waals surface area contributed by atoms with Crippen molar-refractivity contribution in [2.24, 2.45) is 5.92 Å². The lowest BCUT2D eigenvalue weighted by atomic mass is 10.1. The molecule has 35 heavy (non-hydrogen) atoms. The molecule has 1 fully saturated rings. The van der Waals surface area contributed by atoms with Crippen LogP contribution in [-0.4, -0.2) is 30.9 Å². The zero-order chi connectivity index (χ0) is 24.8. The van der Waals surface area contributed by atoms with Crippen LogP contribution in [0.3, 0.4) is 0 Å². The number of anilines is 2. The van der Waals surface area contributed by atoms with Gasteiger partial charge >= 0.3 is 0 Å². The zero-order valence-electron chi connectivity index (χ0n) is 19.3. The summed E-state index contributed by atoms with van der Waals surface area (Å²) in [5, 5.41) is 6.24. The molecule has 4 rings (SSSR count). The van der Waals surface area contributed by atoms with Gasteiger partial charge in [-0.15, -0.1) is 0 Å². The van der Waals surface area contributed by atoms with E-state index in [1.165, 1.54) is 0 Å². The van der Waals surface area contributed by atoms with Crippen molar-refractivity contribution in [3.63, 3.8) is 0 Å². The van der Waals surface area contributed by atoms with Gasteiger partial charge < -0.3 is 20.3 Å². The third-order valence-electron chi connectivity index (χ3n) is 5.73. The fraction of sp³-hybridized carbons (Fsp3) is 0.222. The number of rotatable bonds is 8. The molecule has 1 heterocycles. The predicted molar refractivity (Wildman–Crippen MR) is 136 cm³/mol. The van der Waals surface area contributed by atoms with E-state index in [2.05, 4.69) is 10.6 Å². The summed E-state index contributed by atoms with van der Waals surface area (Å²) < 4.78 is 5.44. The molecule has 0 saturated carbocycles. The number of hydrogen-bond acceptors (Lipinski definition) is 4. The smallest absolute Gasteiger partial charge is 0.253 e. The summed E-state index contributed by atoms with van der Waals surface area (Å²) in [4.78, 5) is 40.0. The van der Waals surface area contributed by atoms with E-state index in [1.807, 2.05) is 31.2 Å². The van der Waals surface area contributed by atoms with Crippen molar-refractivity contribution in [2.45, 2.75) is 19.9 Å². The summed E-state index contributed by atoms with van der Waals surface area (Å²) in [6, 6.07) is 21.3. The number of ether oxygens (including phenoxy) is 1. The number of carbonyl (C=O) groups is 3. The lowest BCUT2D eigenvalue weighted by Gasteiger charge is -2.17. The fourth-order valence-corrected chi connectivity index (χ4v) is 4.13. The minimum Gasteiger partial charge on any atom is -0.494 e. The van der Waals surface area contributed by atoms with E-state index < -0.39 is 5.92 Å². The molecule has 8 heteroatoms. The Hall–Kier alpha value is -3.84. The topological polar surface area (TPSA) is 87.7 Å². The van der Waals surface area contributed by atoms with Crippen molar-refractivity contribution < 1.29 is 19.1 Å². The number of halogens is 1. The number of amides is 3. The van der Waals surface area contributed by atoms with Crippen molar-refractivity contribution in [1.29, 1.82) is 0 Å². The molecular weight excluding hydrogens is 466 g/mol. The van der Waals surface area contributed by atoms with E-state index in [4.69, 9.17) is 16.3 Å². The number of nitrogens with zero attached hydrogens (tertiary/aromatic N) is 1. The molecule has 1 atom stereocenters. The first-order valence-electron chi connectivity index (χ1n) is 11.4. The fourth-order valence-electron chi connectivity index (χ4n) is 3.95. The van der Waals surface area contributed by atoms with E-state index in [0.717, 1.165) is 11.3 Å². The molecule has 3 aromatic rings. The van der Waals surface area contributed by atoms with Crippen molar-refractivity contribution in [3.05, 3.63) is 88.9 Å². The molecule has 7 nitrogen and oxygen atoms in total. The third kappa shape index (κ3) is 6.00. The SMILES string of the molecule is CCOc1ccc(CNC(=O)c2ccccc2NC(=O)[C@@H]2CC(=O)N(c3cccc(Cl)c3)C2)cc1. The molecule has 1 aliphatic rings. The van der Waals surface area contributed by atoms with E-state index in [1.54, 1.807) is 53.4 Å². The lowest BCUT2D eigenvalue weighted by Crippen LogP contribution is -2.29. The molecule has 3 amide bonds. The summed E-state index contributed by atoms with van der Waals surface area (Å²) in [5.74, 6) is -0.530. The van der Waals surface area contributed by atoms with Crippen LogP contribution in [0.2, 0.25) is 5.02 Å². The van der Waals surface area contributed by atoms with Crippen molar-refractivity contribution >= 4 is 40.7 Å². The maximum atomic E-state index is 13.0. The average molecular weight is 492 g/mol. The van der Waals surface area contributed by atoms with E-state index in [-0.39, 0.29) is 30.7 Å². The van der Waals surface area contributed by atoms with Crippen LogP contribution in [0.5, 0.6) is 5.75 Å². The molecular formula is C27H26ClN3O4. The summed E-state index contributed by atoms with van der Waals surface area (Å²) in [7, 11) is 0. The Kier molecular flexibility index (Phi) is 7.67. The molecule has 1 saturated heterocycles. The Morgan fingerprint density at radius 3 is 2.57 bits per heavy atom. The quantitative estimate of drug-likeness (QED) is 0.479. The maximum Gasteiger partial charge on any atom is 0.253 e. The largest absolute Gasteiger partial charge is 0.494 e. The van der Waals surface area contributed by atoms with Gasteiger partial charge in [0.2, 0.25) is 11.8 Å². The Bertz CT molecular complexity index is 1230. The van der Waals surface area contributed by atoms with Crippen LogP contribution >= 0.6 is 11.6 Å². The number of benzene rings is 3. The van der Waals surface area contributed by atoms with Crippen molar-refractivity contribution in [1.82, 2.24) is 5.32 Å². The molecule has 2 N–H and O–H groups in total.